The Balaban J connectivity index is 1.69. The summed E-state index contributed by atoms with van der Waals surface area (Å²) in [6.07, 6.45) is -0.127. The third kappa shape index (κ3) is 3.29. The summed E-state index contributed by atoms with van der Waals surface area (Å²) in [7, 11) is 0. The molecule has 0 spiro atoms. The number of nitrogens with zero attached hydrogens (tertiary/aromatic N) is 3. The van der Waals surface area contributed by atoms with Crippen molar-refractivity contribution < 1.29 is 14.4 Å². The van der Waals surface area contributed by atoms with Crippen molar-refractivity contribution in [2.45, 2.75) is 19.6 Å². The zero-order valence-electron chi connectivity index (χ0n) is 12.0. The highest BCUT2D eigenvalue weighted by molar-refractivity contribution is 5.58. The van der Waals surface area contributed by atoms with Crippen molar-refractivity contribution in [1.82, 2.24) is 15.0 Å². The Hall–Kier alpha value is -1.76. The number of aryl methyl sites for hydroxylation is 1. The number of hydrogen-bond acceptors (Lipinski definition) is 6. The Morgan fingerprint density at radius 1 is 1.38 bits per heavy atom. The van der Waals surface area contributed by atoms with E-state index < -0.39 is 0 Å². The molecule has 3 rings (SSSR count). The van der Waals surface area contributed by atoms with Crippen LogP contribution in [0.2, 0.25) is 0 Å². The summed E-state index contributed by atoms with van der Waals surface area (Å²) in [6, 6.07) is 7.97. The SMILES string of the molecule is Cc1ccccc1-c1noc(CN2CCOC(CO)C2)n1. The molecule has 6 nitrogen and oxygen atoms in total. The van der Waals surface area contributed by atoms with Gasteiger partial charge in [0, 0.05) is 18.7 Å². The highest BCUT2D eigenvalue weighted by Crippen LogP contribution is 2.20. The van der Waals surface area contributed by atoms with E-state index in [0.717, 1.165) is 17.7 Å². The third-order valence-corrected chi connectivity index (χ3v) is 3.64. The molecular formula is C15H19N3O3. The second kappa shape index (κ2) is 6.34. The van der Waals surface area contributed by atoms with Crippen LogP contribution in [0.1, 0.15) is 11.5 Å². The first-order chi connectivity index (χ1) is 10.3. The van der Waals surface area contributed by atoms with E-state index >= 15 is 0 Å². The van der Waals surface area contributed by atoms with E-state index in [1.165, 1.54) is 0 Å². The van der Waals surface area contributed by atoms with Gasteiger partial charge in [-0.1, -0.05) is 29.4 Å². The van der Waals surface area contributed by atoms with Gasteiger partial charge in [-0.15, -0.1) is 0 Å². The molecule has 1 aliphatic rings. The molecule has 1 N–H and O–H groups in total. The maximum atomic E-state index is 9.16. The lowest BCUT2D eigenvalue weighted by atomic mass is 10.1. The van der Waals surface area contributed by atoms with Crippen LogP contribution in [0.4, 0.5) is 0 Å². The largest absolute Gasteiger partial charge is 0.394 e. The zero-order chi connectivity index (χ0) is 14.7. The maximum absolute atomic E-state index is 9.16. The number of aliphatic hydroxyl groups excluding tert-OH is 1. The molecule has 1 aromatic heterocycles. The van der Waals surface area contributed by atoms with Gasteiger partial charge >= 0.3 is 0 Å². The Morgan fingerprint density at radius 3 is 3.05 bits per heavy atom. The smallest absolute Gasteiger partial charge is 0.241 e. The molecule has 21 heavy (non-hydrogen) atoms. The summed E-state index contributed by atoms with van der Waals surface area (Å²) in [4.78, 5) is 6.62. The second-order valence-corrected chi connectivity index (χ2v) is 5.24. The van der Waals surface area contributed by atoms with Crippen molar-refractivity contribution >= 4 is 0 Å². The van der Waals surface area contributed by atoms with Crippen LogP contribution in [0.15, 0.2) is 28.8 Å². The lowest BCUT2D eigenvalue weighted by molar-refractivity contribution is -0.0571. The lowest BCUT2D eigenvalue weighted by Crippen LogP contribution is -2.43. The van der Waals surface area contributed by atoms with Crippen molar-refractivity contribution in [1.29, 1.82) is 0 Å². The molecule has 6 heteroatoms. The molecular weight excluding hydrogens is 270 g/mol. The van der Waals surface area contributed by atoms with Crippen LogP contribution < -0.4 is 0 Å². The Kier molecular flexibility index (Phi) is 4.28. The van der Waals surface area contributed by atoms with Gasteiger partial charge in [-0.2, -0.15) is 4.98 Å². The van der Waals surface area contributed by atoms with Crippen molar-refractivity contribution in [2.24, 2.45) is 0 Å². The van der Waals surface area contributed by atoms with E-state index in [-0.39, 0.29) is 12.7 Å². The van der Waals surface area contributed by atoms with E-state index in [4.69, 9.17) is 14.4 Å². The van der Waals surface area contributed by atoms with Gasteiger partial charge in [0.25, 0.3) is 0 Å². The van der Waals surface area contributed by atoms with Crippen molar-refractivity contribution in [3.05, 3.63) is 35.7 Å². The van der Waals surface area contributed by atoms with E-state index in [2.05, 4.69) is 15.0 Å². The fourth-order valence-corrected chi connectivity index (χ4v) is 2.48. The molecule has 1 unspecified atom stereocenters. The summed E-state index contributed by atoms with van der Waals surface area (Å²) >= 11 is 0. The van der Waals surface area contributed by atoms with Crippen LogP contribution in [-0.2, 0) is 11.3 Å². The van der Waals surface area contributed by atoms with Crippen LogP contribution in [0.5, 0.6) is 0 Å². The monoisotopic (exact) mass is 289 g/mol. The average Bonchev–Trinajstić information content (AvgIpc) is 2.96. The summed E-state index contributed by atoms with van der Waals surface area (Å²) in [6.45, 7) is 4.74. The van der Waals surface area contributed by atoms with Crippen LogP contribution in [0, 0.1) is 6.92 Å². The fraction of sp³-hybridized carbons (Fsp3) is 0.467. The molecule has 1 fully saturated rings. The number of ether oxygens (including phenoxy) is 1. The Bertz CT molecular complexity index is 599. The van der Waals surface area contributed by atoms with Gasteiger partial charge in [0.15, 0.2) is 0 Å². The maximum Gasteiger partial charge on any atom is 0.241 e. The molecule has 1 aliphatic heterocycles. The van der Waals surface area contributed by atoms with Gasteiger partial charge in [-0.3, -0.25) is 4.90 Å². The van der Waals surface area contributed by atoms with Crippen molar-refractivity contribution in [2.75, 3.05) is 26.3 Å². The Labute approximate surface area is 123 Å². The van der Waals surface area contributed by atoms with Crippen LogP contribution in [-0.4, -0.2) is 52.6 Å². The number of benzene rings is 1. The summed E-state index contributed by atoms with van der Waals surface area (Å²) in [5.74, 6) is 1.21. The minimum atomic E-state index is -0.127. The molecule has 1 aromatic carbocycles. The quantitative estimate of drug-likeness (QED) is 0.913. The standard InChI is InChI=1S/C15H19N3O3/c1-11-4-2-3-5-13(11)15-16-14(21-17-15)9-18-6-7-20-12(8-18)10-19/h2-5,12,19H,6-10H2,1H3. The molecule has 0 radical (unpaired) electrons. The molecule has 2 heterocycles. The van der Waals surface area contributed by atoms with Crippen molar-refractivity contribution in [3.8, 4) is 11.4 Å². The zero-order valence-corrected chi connectivity index (χ0v) is 12.0. The molecule has 1 saturated heterocycles. The van der Waals surface area contributed by atoms with Crippen LogP contribution >= 0.6 is 0 Å². The highest BCUT2D eigenvalue weighted by Gasteiger charge is 2.21. The predicted molar refractivity (Wildman–Crippen MR) is 76.6 cm³/mol. The molecule has 0 saturated carbocycles. The molecule has 2 aromatic rings. The van der Waals surface area contributed by atoms with Crippen LogP contribution in [0.25, 0.3) is 11.4 Å². The van der Waals surface area contributed by atoms with Gasteiger partial charge in [-0.05, 0) is 12.5 Å². The lowest BCUT2D eigenvalue weighted by Gasteiger charge is -2.30. The first-order valence-corrected chi connectivity index (χ1v) is 7.09. The topological polar surface area (TPSA) is 71.6 Å². The molecule has 1 atom stereocenters. The Morgan fingerprint density at radius 2 is 2.24 bits per heavy atom. The minimum absolute atomic E-state index is 0.0365. The van der Waals surface area contributed by atoms with E-state index in [9.17, 15) is 0 Å². The van der Waals surface area contributed by atoms with Gasteiger partial charge in [0.05, 0.1) is 25.9 Å². The summed E-state index contributed by atoms with van der Waals surface area (Å²) < 4.78 is 10.8. The number of aliphatic hydroxyl groups is 1. The first kappa shape index (κ1) is 14.2. The van der Waals surface area contributed by atoms with Gasteiger partial charge in [0.2, 0.25) is 11.7 Å². The average molecular weight is 289 g/mol. The van der Waals surface area contributed by atoms with Gasteiger partial charge in [-0.25, -0.2) is 0 Å². The third-order valence-electron chi connectivity index (χ3n) is 3.64. The van der Waals surface area contributed by atoms with E-state index in [0.29, 0.717) is 31.4 Å². The molecule has 112 valence electrons. The number of morpholine rings is 1. The molecule has 0 aliphatic carbocycles. The molecule has 0 bridgehead atoms. The normalized spacial score (nSPS) is 19.8. The number of rotatable bonds is 4. The second-order valence-electron chi connectivity index (χ2n) is 5.24. The van der Waals surface area contributed by atoms with E-state index in [1.807, 2.05) is 31.2 Å². The molecule has 0 amide bonds. The van der Waals surface area contributed by atoms with E-state index in [1.54, 1.807) is 0 Å². The van der Waals surface area contributed by atoms with Gasteiger partial charge in [0.1, 0.15) is 0 Å². The number of aromatic nitrogens is 2. The predicted octanol–water partition coefficient (Wildman–Crippen LogP) is 1.24. The first-order valence-electron chi connectivity index (χ1n) is 7.09. The summed E-state index contributed by atoms with van der Waals surface area (Å²) in [5.41, 5.74) is 2.11. The minimum Gasteiger partial charge on any atom is -0.394 e. The van der Waals surface area contributed by atoms with Gasteiger partial charge < -0.3 is 14.4 Å². The number of hydrogen-bond donors (Lipinski definition) is 1. The fourth-order valence-electron chi connectivity index (χ4n) is 2.48. The summed E-state index contributed by atoms with van der Waals surface area (Å²) in [5, 5.41) is 13.2. The van der Waals surface area contributed by atoms with Crippen molar-refractivity contribution in [3.63, 3.8) is 0 Å². The van der Waals surface area contributed by atoms with Crippen LogP contribution in [0.3, 0.4) is 0 Å². The highest BCUT2D eigenvalue weighted by atomic mass is 16.5.